The Morgan fingerprint density at radius 1 is 1.23 bits per heavy atom. The zero-order valence-corrected chi connectivity index (χ0v) is 12.2. The number of ether oxygens (including phenoxy) is 1. The Bertz CT molecular complexity index is 776. The van der Waals surface area contributed by atoms with Crippen LogP contribution in [0, 0.1) is 0 Å². The van der Waals surface area contributed by atoms with Crippen molar-refractivity contribution in [3.8, 4) is 0 Å². The summed E-state index contributed by atoms with van der Waals surface area (Å²) in [4.78, 5) is 11.9. The minimum atomic E-state index is -0.372. The zero-order chi connectivity index (χ0) is 15.5. The number of nitrogens with zero attached hydrogens (tertiary/aromatic N) is 1. The molecule has 4 nitrogen and oxygen atoms in total. The molecule has 0 atom stereocenters. The van der Waals surface area contributed by atoms with Crippen molar-refractivity contribution in [1.29, 1.82) is 0 Å². The Hall–Kier alpha value is -2.88. The van der Waals surface area contributed by atoms with Gasteiger partial charge in [0.25, 0.3) is 5.70 Å². The number of allylic oxidation sites excluding steroid dienone is 2. The number of rotatable bonds is 3. The number of aliphatic hydroxyl groups excluding tert-OH is 1. The lowest BCUT2D eigenvalue weighted by Gasteiger charge is -2.02. The Kier molecular flexibility index (Phi) is 3.74. The van der Waals surface area contributed by atoms with Crippen LogP contribution in [-0.4, -0.2) is 17.7 Å². The van der Waals surface area contributed by atoms with Gasteiger partial charge in [0.1, 0.15) is 5.56 Å². The zero-order valence-electron chi connectivity index (χ0n) is 12.2. The lowest BCUT2D eigenvalue weighted by atomic mass is 10.0. The van der Waals surface area contributed by atoms with Crippen LogP contribution >= 0.6 is 0 Å². The number of hydrogen-bond acceptors (Lipinski definition) is 3. The quantitative estimate of drug-likeness (QED) is 0.538. The summed E-state index contributed by atoms with van der Waals surface area (Å²) in [6.45, 7) is 2.10. The van der Waals surface area contributed by atoms with E-state index in [2.05, 4.69) is 0 Å². The van der Waals surface area contributed by atoms with Gasteiger partial charge in [0, 0.05) is 12.1 Å². The van der Waals surface area contributed by atoms with Gasteiger partial charge in [0.15, 0.2) is 12.5 Å². The van der Waals surface area contributed by atoms with E-state index in [0.717, 1.165) is 23.1 Å². The van der Waals surface area contributed by atoms with Gasteiger partial charge in [0.2, 0.25) is 5.69 Å². The summed E-state index contributed by atoms with van der Waals surface area (Å²) in [7, 11) is 0. The molecule has 1 aromatic carbocycles. The topological polar surface area (TPSA) is 50.4 Å². The largest absolute Gasteiger partial charge is 0.509 e. The first kappa shape index (κ1) is 14.1. The van der Waals surface area contributed by atoms with Gasteiger partial charge in [-0.1, -0.05) is 30.3 Å². The third kappa shape index (κ3) is 2.39. The average molecular weight is 294 g/mol. The fourth-order valence-electron chi connectivity index (χ4n) is 2.51. The number of hydrogen-bond donors (Lipinski definition) is 1. The predicted molar refractivity (Wildman–Crippen MR) is 83.8 cm³/mol. The summed E-state index contributed by atoms with van der Waals surface area (Å²) in [5.74, 6) is -0.372. The van der Waals surface area contributed by atoms with Crippen LogP contribution in [0.15, 0.2) is 54.9 Å². The summed E-state index contributed by atoms with van der Waals surface area (Å²) in [5.41, 5.74) is 3.89. The van der Waals surface area contributed by atoms with Crippen LogP contribution in [0.1, 0.15) is 28.5 Å². The third-order valence-corrected chi connectivity index (χ3v) is 3.53. The molecule has 0 spiro atoms. The van der Waals surface area contributed by atoms with E-state index in [-0.39, 0.29) is 5.97 Å². The van der Waals surface area contributed by atoms with E-state index in [0.29, 0.717) is 17.9 Å². The van der Waals surface area contributed by atoms with E-state index < -0.39 is 0 Å². The van der Waals surface area contributed by atoms with Crippen LogP contribution in [-0.2, 0) is 4.74 Å². The molecule has 0 saturated heterocycles. The summed E-state index contributed by atoms with van der Waals surface area (Å²) >= 11 is 0. The highest BCUT2D eigenvalue weighted by atomic mass is 16.5. The van der Waals surface area contributed by atoms with Crippen molar-refractivity contribution in [3.63, 3.8) is 0 Å². The molecule has 0 aliphatic carbocycles. The first-order valence-electron chi connectivity index (χ1n) is 7.09. The van der Waals surface area contributed by atoms with Crippen molar-refractivity contribution in [2.75, 3.05) is 6.61 Å². The van der Waals surface area contributed by atoms with Crippen molar-refractivity contribution in [2.45, 2.75) is 6.92 Å². The van der Waals surface area contributed by atoms with Gasteiger partial charge >= 0.3 is 5.97 Å². The van der Waals surface area contributed by atoms with Crippen molar-refractivity contribution in [3.05, 3.63) is 71.7 Å². The molecule has 0 unspecified atom stereocenters. The molecule has 2 heterocycles. The first-order valence-corrected chi connectivity index (χ1v) is 7.09. The monoisotopic (exact) mass is 294 g/mol. The molecular weight excluding hydrogens is 278 g/mol. The van der Waals surface area contributed by atoms with Gasteiger partial charge in [-0.05, 0) is 18.6 Å². The molecule has 0 saturated carbocycles. The maximum absolute atomic E-state index is 11.9. The molecule has 1 aromatic heterocycles. The number of benzene rings is 1. The molecule has 0 radical (unpaired) electrons. The SMILES string of the molecule is CCOC(=O)c1ccc2[n+](c1)/C(=C\O)C(c1ccccc1)=C2. The second-order valence-corrected chi connectivity index (χ2v) is 4.87. The normalized spacial score (nSPS) is 14.6. The molecule has 3 rings (SSSR count). The predicted octanol–water partition coefficient (Wildman–Crippen LogP) is 3.06. The molecule has 2 aromatic rings. The summed E-state index contributed by atoms with van der Waals surface area (Å²) in [6, 6.07) is 13.4. The Labute approximate surface area is 128 Å². The molecule has 1 aliphatic rings. The number of fused-ring (bicyclic) bond motifs is 1. The summed E-state index contributed by atoms with van der Waals surface area (Å²) in [5, 5.41) is 9.64. The molecule has 1 aliphatic heterocycles. The smallest absolute Gasteiger partial charge is 0.344 e. The molecular formula is C18H16NO3+. The van der Waals surface area contributed by atoms with Crippen LogP contribution in [0.25, 0.3) is 17.3 Å². The van der Waals surface area contributed by atoms with Gasteiger partial charge < -0.3 is 9.84 Å². The van der Waals surface area contributed by atoms with Gasteiger partial charge in [-0.3, -0.25) is 0 Å². The minimum Gasteiger partial charge on any atom is -0.509 e. The van der Waals surface area contributed by atoms with Crippen molar-refractivity contribution < 1.29 is 19.2 Å². The van der Waals surface area contributed by atoms with Crippen molar-refractivity contribution >= 4 is 23.3 Å². The van der Waals surface area contributed by atoms with Crippen LogP contribution in [0.3, 0.4) is 0 Å². The highest BCUT2D eigenvalue weighted by molar-refractivity contribution is 6.04. The second kappa shape index (κ2) is 5.85. The highest BCUT2D eigenvalue weighted by Crippen LogP contribution is 2.30. The van der Waals surface area contributed by atoms with Gasteiger partial charge in [0.05, 0.1) is 12.2 Å². The maximum atomic E-state index is 11.9. The molecule has 0 fully saturated rings. The standard InChI is InChI=1S/C18H15NO3/c1-2-22-18(21)14-8-9-15-10-16(13-6-4-3-5-7-13)17(12-20)19(15)11-14/h3-12H,2H2,1H3/p+1. The van der Waals surface area contributed by atoms with E-state index in [1.54, 1.807) is 23.8 Å². The average Bonchev–Trinajstić information content (AvgIpc) is 2.93. The van der Waals surface area contributed by atoms with Gasteiger partial charge in [-0.15, -0.1) is 0 Å². The molecule has 110 valence electrons. The fraction of sp³-hybridized carbons (Fsp3) is 0.111. The molecule has 4 heteroatoms. The number of carbonyl (C=O) groups is 1. The van der Waals surface area contributed by atoms with Crippen LogP contribution in [0.5, 0.6) is 0 Å². The number of aliphatic hydroxyl groups is 1. The van der Waals surface area contributed by atoms with Crippen LogP contribution in [0.4, 0.5) is 0 Å². The Morgan fingerprint density at radius 3 is 2.68 bits per heavy atom. The first-order chi connectivity index (χ1) is 10.7. The van der Waals surface area contributed by atoms with E-state index in [4.69, 9.17) is 4.74 Å². The summed E-state index contributed by atoms with van der Waals surface area (Å²) < 4.78 is 6.80. The summed E-state index contributed by atoms with van der Waals surface area (Å²) in [6.07, 6.45) is 4.72. The highest BCUT2D eigenvalue weighted by Gasteiger charge is 2.30. The number of aromatic nitrogens is 1. The minimum absolute atomic E-state index is 0.330. The fourth-order valence-corrected chi connectivity index (χ4v) is 2.51. The number of esters is 1. The lowest BCUT2D eigenvalue weighted by Crippen LogP contribution is -2.33. The molecule has 1 N–H and O–H groups in total. The van der Waals surface area contributed by atoms with E-state index >= 15 is 0 Å². The van der Waals surface area contributed by atoms with E-state index in [1.807, 2.05) is 42.5 Å². The van der Waals surface area contributed by atoms with Gasteiger partial charge in [-0.2, -0.15) is 4.57 Å². The van der Waals surface area contributed by atoms with Crippen molar-refractivity contribution in [2.24, 2.45) is 0 Å². The molecule has 0 amide bonds. The molecule has 22 heavy (non-hydrogen) atoms. The molecule has 0 bridgehead atoms. The van der Waals surface area contributed by atoms with Crippen LogP contribution in [0.2, 0.25) is 0 Å². The van der Waals surface area contributed by atoms with Crippen molar-refractivity contribution in [1.82, 2.24) is 0 Å². The number of carbonyl (C=O) groups excluding carboxylic acids is 1. The Morgan fingerprint density at radius 2 is 2.00 bits per heavy atom. The Balaban J connectivity index is 2.02. The van der Waals surface area contributed by atoms with E-state index in [9.17, 15) is 9.90 Å². The number of pyridine rings is 1. The second-order valence-electron chi connectivity index (χ2n) is 4.87. The van der Waals surface area contributed by atoms with Crippen LogP contribution < -0.4 is 4.57 Å². The lowest BCUT2D eigenvalue weighted by molar-refractivity contribution is -0.577. The van der Waals surface area contributed by atoms with E-state index in [1.165, 1.54) is 0 Å². The van der Waals surface area contributed by atoms with Gasteiger partial charge in [-0.25, -0.2) is 4.79 Å². The third-order valence-electron chi connectivity index (χ3n) is 3.53. The maximum Gasteiger partial charge on any atom is 0.344 e.